The number of urea groups is 1. The summed E-state index contributed by atoms with van der Waals surface area (Å²) in [6.45, 7) is -1.08. The van der Waals surface area contributed by atoms with Crippen molar-refractivity contribution < 1.29 is 39.4 Å². The number of anilines is 1. The number of carbonyl (C=O) groups excluding carboxylic acids is 3. The van der Waals surface area contributed by atoms with Crippen LogP contribution in [0.1, 0.15) is 12.8 Å². The first-order chi connectivity index (χ1) is 14.1. The molecule has 1 aromatic rings. The fourth-order valence-electron chi connectivity index (χ4n) is 2.22. The summed E-state index contributed by atoms with van der Waals surface area (Å²) in [5.41, 5.74) is 5.29. The van der Waals surface area contributed by atoms with Gasteiger partial charge in [-0.25, -0.2) is 9.69 Å². The maximum Gasteiger partial charge on any atom is 0.355 e. The van der Waals surface area contributed by atoms with Gasteiger partial charge in [-0.2, -0.15) is 17.7 Å². The van der Waals surface area contributed by atoms with Gasteiger partial charge in [0.1, 0.15) is 18.6 Å². The molecule has 0 heterocycles. The maximum atomic E-state index is 12.7. The van der Waals surface area contributed by atoms with E-state index in [1.54, 1.807) is 6.07 Å². The summed E-state index contributed by atoms with van der Waals surface area (Å²) in [4.78, 5) is 59.3. The van der Waals surface area contributed by atoms with Gasteiger partial charge in [0.2, 0.25) is 5.91 Å². The molecule has 1 rings (SSSR count). The van der Waals surface area contributed by atoms with Crippen molar-refractivity contribution >= 4 is 48.1 Å². The number of hydroxylamine groups is 1. The molecule has 1 aromatic carbocycles. The summed E-state index contributed by atoms with van der Waals surface area (Å²) in [6, 6.07) is 3.30. The topological polar surface area (TPSA) is 191 Å². The average molecular weight is 442 g/mol. The highest BCUT2D eigenvalue weighted by molar-refractivity contribution is 7.80. The maximum absolute atomic E-state index is 12.7. The van der Waals surface area contributed by atoms with E-state index in [-0.39, 0.29) is 34.2 Å². The minimum Gasteiger partial charge on any atom is -0.480 e. The summed E-state index contributed by atoms with van der Waals surface area (Å²) in [7, 11) is 0. The number of amides is 4. The number of carbonyl (C=O) groups is 5. The first-order valence-electron chi connectivity index (χ1n) is 8.58. The largest absolute Gasteiger partial charge is 0.480 e. The summed E-state index contributed by atoms with van der Waals surface area (Å²) in [5.74, 6) is -4.99. The normalized spacial score (nSPS) is 12.4. The fourth-order valence-corrected chi connectivity index (χ4v) is 2.47. The van der Waals surface area contributed by atoms with Gasteiger partial charge in [-0.3, -0.25) is 24.4 Å². The lowest BCUT2D eigenvalue weighted by Gasteiger charge is -2.27. The SMILES string of the molecule is NC(CCC(=O)NC(CS)C(=O)N(CC(=O)O)C(=O)N(O)c1ccccc1)C(=O)O. The van der Waals surface area contributed by atoms with E-state index in [0.717, 1.165) is 0 Å². The van der Waals surface area contributed by atoms with Crippen molar-refractivity contribution in [3.8, 4) is 0 Å². The molecule has 0 aliphatic rings. The summed E-state index contributed by atoms with van der Waals surface area (Å²) >= 11 is 3.93. The number of thiol groups is 1. The Morgan fingerprint density at radius 3 is 2.20 bits per heavy atom. The molecule has 2 atom stereocenters. The van der Waals surface area contributed by atoms with E-state index in [2.05, 4.69) is 17.9 Å². The standard InChI is InChI=1S/C17H22N4O8S/c18-11(16(26)27)6-7-13(22)19-12(9-30)15(25)20(8-14(23)24)17(28)21(29)10-4-2-1-3-5-10/h1-5,11-12,29-30H,6-9,18H2,(H,19,22)(H,23,24)(H,26,27). The second kappa shape index (κ2) is 11.7. The molecule has 13 heteroatoms. The van der Waals surface area contributed by atoms with Crippen LogP contribution >= 0.6 is 12.6 Å². The van der Waals surface area contributed by atoms with Crippen LogP contribution in [0.5, 0.6) is 0 Å². The van der Waals surface area contributed by atoms with E-state index in [0.29, 0.717) is 0 Å². The van der Waals surface area contributed by atoms with Crippen molar-refractivity contribution in [1.29, 1.82) is 0 Å². The van der Waals surface area contributed by atoms with Crippen LogP contribution in [0.2, 0.25) is 0 Å². The summed E-state index contributed by atoms with van der Waals surface area (Å²) in [5, 5.41) is 30.2. The minimum absolute atomic E-state index is 0.0141. The Morgan fingerprint density at radius 1 is 1.10 bits per heavy atom. The number of para-hydroxylation sites is 1. The Labute approximate surface area is 176 Å². The first kappa shape index (κ1) is 24.9. The van der Waals surface area contributed by atoms with Crippen LogP contribution in [0.4, 0.5) is 10.5 Å². The number of hydrogen-bond donors (Lipinski definition) is 6. The van der Waals surface area contributed by atoms with Crippen LogP contribution in [-0.4, -0.2) is 74.5 Å². The zero-order chi connectivity index (χ0) is 22.8. The summed E-state index contributed by atoms with van der Waals surface area (Å²) in [6.07, 6.45) is -0.529. The van der Waals surface area contributed by atoms with Crippen molar-refractivity contribution in [2.24, 2.45) is 5.73 Å². The van der Waals surface area contributed by atoms with Crippen molar-refractivity contribution in [3.05, 3.63) is 30.3 Å². The van der Waals surface area contributed by atoms with Gasteiger partial charge in [0.25, 0.3) is 5.91 Å². The highest BCUT2D eigenvalue weighted by atomic mass is 32.1. The monoisotopic (exact) mass is 442 g/mol. The van der Waals surface area contributed by atoms with Crippen LogP contribution < -0.4 is 16.1 Å². The predicted molar refractivity (Wildman–Crippen MR) is 106 cm³/mol. The number of aliphatic carboxylic acids is 2. The zero-order valence-electron chi connectivity index (χ0n) is 15.7. The van der Waals surface area contributed by atoms with Gasteiger partial charge in [-0.15, -0.1) is 0 Å². The number of imide groups is 1. The minimum atomic E-state index is -1.53. The number of carboxylic acid groups (broad SMARTS) is 2. The second-order valence-corrected chi connectivity index (χ2v) is 6.40. The van der Waals surface area contributed by atoms with Gasteiger partial charge in [0.05, 0.1) is 5.69 Å². The third kappa shape index (κ3) is 7.35. The quantitative estimate of drug-likeness (QED) is 0.158. The van der Waals surface area contributed by atoms with Crippen molar-refractivity contribution in [2.75, 3.05) is 17.4 Å². The van der Waals surface area contributed by atoms with Crippen LogP contribution in [0.25, 0.3) is 0 Å². The predicted octanol–water partition coefficient (Wildman–Crippen LogP) is -0.478. The number of nitrogens with two attached hydrogens (primary N) is 1. The van der Waals surface area contributed by atoms with Crippen molar-refractivity contribution in [1.82, 2.24) is 10.2 Å². The third-order valence-electron chi connectivity index (χ3n) is 3.79. The average Bonchev–Trinajstić information content (AvgIpc) is 2.72. The molecule has 4 amide bonds. The molecule has 2 unspecified atom stereocenters. The Hall–Kier alpha value is -3.16. The Morgan fingerprint density at radius 2 is 1.70 bits per heavy atom. The van der Waals surface area contributed by atoms with E-state index >= 15 is 0 Å². The molecule has 0 fully saturated rings. The third-order valence-corrected chi connectivity index (χ3v) is 4.15. The van der Waals surface area contributed by atoms with Gasteiger partial charge < -0.3 is 21.3 Å². The fraction of sp³-hybridized carbons (Fsp3) is 0.353. The first-order valence-corrected chi connectivity index (χ1v) is 9.21. The number of nitrogens with one attached hydrogen (secondary N) is 1. The number of nitrogens with zero attached hydrogens (tertiary/aromatic N) is 2. The highest BCUT2D eigenvalue weighted by Crippen LogP contribution is 2.14. The zero-order valence-corrected chi connectivity index (χ0v) is 16.6. The molecule has 0 aromatic heterocycles. The van der Waals surface area contributed by atoms with Gasteiger partial charge in [0.15, 0.2) is 0 Å². The van der Waals surface area contributed by atoms with Crippen molar-refractivity contribution in [2.45, 2.75) is 24.9 Å². The second-order valence-electron chi connectivity index (χ2n) is 6.03. The smallest absolute Gasteiger partial charge is 0.355 e. The molecule has 0 bridgehead atoms. The van der Waals surface area contributed by atoms with E-state index in [9.17, 15) is 29.2 Å². The number of rotatable bonds is 10. The molecular formula is C17H22N4O8S. The molecule has 0 radical (unpaired) electrons. The summed E-state index contributed by atoms with van der Waals surface area (Å²) < 4.78 is 0. The lowest BCUT2D eigenvalue weighted by Crippen LogP contribution is -2.55. The Bertz CT molecular complexity index is 791. The molecule has 0 aliphatic heterocycles. The molecular weight excluding hydrogens is 420 g/mol. The number of hydrogen-bond acceptors (Lipinski definition) is 8. The van der Waals surface area contributed by atoms with E-state index in [4.69, 9.17) is 15.9 Å². The highest BCUT2D eigenvalue weighted by Gasteiger charge is 2.34. The van der Waals surface area contributed by atoms with Gasteiger partial charge >= 0.3 is 18.0 Å². The number of benzene rings is 1. The van der Waals surface area contributed by atoms with E-state index in [1.807, 2.05) is 0 Å². The molecule has 0 aliphatic carbocycles. The van der Waals surface area contributed by atoms with Crippen LogP contribution in [0.15, 0.2) is 30.3 Å². The molecule has 12 nitrogen and oxygen atoms in total. The van der Waals surface area contributed by atoms with Gasteiger partial charge in [0, 0.05) is 12.2 Å². The van der Waals surface area contributed by atoms with E-state index in [1.165, 1.54) is 24.3 Å². The lowest BCUT2D eigenvalue weighted by molar-refractivity contribution is -0.143. The molecule has 0 saturated heterocycles. The van der Waals surface area contributed by atoms with E-state index < -0.39 is 48.4 Å². The molecule has 30 heavy (non-hydrogen) atoms. The molecule has 164 valence electrons. The van der Waals surface area contributed by atoms with Gasteiger partial charge in [-0.1, -0.05) is 18.2 Å². The molecule has 0 saturated carbocycles. The van der Waals surface area contributed by atoms with Crippen molar-refractivity contribution in [3.63, 3.8) is 0 Å². The van der Waals surface area contributed by atoms with Crippen LogP contribution in [-0.2, 0) is 19.2 Å². The Balaban J connectivity index is 2.93. The molecule has 0 spiro atoms. The van der Waals surface area contributed by atoms with Crippen LogP contribution in [0.3, 0.4) is 0 Å². The Kier molecular flexibility index (Phi) is 9.74. The van der Waals surface area contributed by atoms with Gasteiger partial charge in [-0.05, 0) is 18.6 Å². The molecule has 6 N–H and O–H groups in total. The van der Waals surface area contributed by atoms with Crippen LogP contribution in [0, 0.1) is 0 Å². The number of carboxylic acids is 2. The lowest BCUT2D eigenvalue weighted by atomic mass is 10.1.